The van der Waals surface area contributed by atoms with Gasteiger partial charge in [0, 0.05) is 0 Å². The molecule has 0 amide bonds. The van der Waals surface area contributed by atoms with Crippen LogP contribution in [0.15, 0.2) is 0 Å². The van der Waals surface area contributed by atoms with Crippen molar-refractivity contribution in [3.8, 4) is 0 Å². The fourth-order valence-electron chi connectivity index (χ4n) is 1.14. The minimum Gasteiger partial charge on any atom is -0.479 e. The van der Waals surface area contributed by atoms with E-state index in [1.54, 1.807) is 0 Å². The lowest BCUT2D eigenvalue weighted by Gasteiger charge is -2.20. The number of carboxylic acids is 1. The molecule has 0 aliphatic carbocycles. The molecule has 1 rings (SSSR count). The minimum absolute atomic E-state index is 0.396. The van der Waals surface area contributed by atoms with Gasteiger partial charge in [-0.3, -0.25) is 0 Å². The van der Waals surface area contributed by atoms with Gasteiger partial charge in [0.25, 0.3) is 0 Å². The molecule has 1 atom stereocenters. The molecule has 0 bridgehead atoms. The lowest BCUT2D eigenvalue weighted by atomic mass is 9.94. The fraction of sp³-hybridized carbons (Fsp3) is 0.222. The lowest BCUT2D eigenvalue weighted by Crippen LogP contribution is -2.35. The van der Waals surface area contributed by atoms with E-state index in [1.807, 2.05) is 0 Å². The minimum atomic E-state index is -3.23. The second-order valence-corrected chi connectivity index (χ2v) is 3.32. The van der Waals surface area contributed by atoms with Crippen molar-refractivity contribution in [3.63, 3.8) is 0 Å². The van der Waals surface area contributed by atoms with E-state index >= 15 is 0 Å². The van der Waals surface area contributed by atoms with E-state index in [2.05, 4.69) is 0 Å². The maximum atomic E-state index is 13.1. The summed E-state index contributed by atoms with van der Waals surface area (Å²) in [5, 5.41) is 17.7. The monoisotopic (exact) mass is 256 g/mol. The fourth-order valence-corrected chi connectivity index (χ4v) is 1.14. The molecule has 0 heterocycles. The van der Waals surface area contributed by atoms with Crippen LogP contribution in [0, 0.1) is 29.1 Å². The molecule has 0 aromatic heterocycles. The Bertz CT molecular complexity index is 469. The van der Waals surface area contributed by atoms with Crippen LogP contribution in [0.25, 0.3) is 0 Å². The summed E-state index contributed by atoms with van der Waals surface area (Å²) in [4.78, 5) is 10.5. The molecule has 1 aromatic carbocycles. The standard InChI is InChI=1S/C9H5F5O3/c1-9(17,8(15)16)2-3(10)5(12)7(14)6(13)4(2)11/h17H,1H3,(H,15,16)/t9-/m1/s1. The van der Waals surface area contributed by atoms with Gasteiger partial charge >= 0.3 is 5.97 Å². The number of hydrogen-bond donors (Lipinski definition) is 2. The summed E-state index contributed by atoms with van der Waals surface area (Å²) in [7, 11) is 0. The van der Waals surface area contributed by atoms with E-state index in [9.17, 15) is 31.9 Å². The number of aliphatic hydroxyl groups is 1. The molecule has 1 aromatic rings. The van der Waals surface area contributed by atoms with E-state index in [1.165, 1.54) is 0 Å². The van der Waals surface area contributed by atoms with Crippen molar-refractivity contribution in [2.75, 3.05) is 0 Å². The zero-order valence-electron chi connectivity index (χ0n) is 8.19. The molecule has 0 unspecified atom stereocenters. The average molecular weight is 256 g/mol. The van der Waals surface area contributed by atoms with Crippen LogP contribution in [0.2, 0.25) is 0 Å². The van der Waals surface area contributed by atoms with Crippen LogP contribution in [0.3, 0.4) is 0 Å². The van der Waals surface area contributed by atoms with Gasteiger partial charge in [-0.2, -0.15) is 0 Å². The smallest absolute Gasteiger partial charge is 0.340 e. The Hall–Kier alpha value is -1.70. The summed E-state index contributed by atoms with van der Waals surface area (Å²) in [6.45, 7) is 0.396. The van der Waals surface area contributed by atoms with Gasteiger partial charge in [0.1, 0.15) is 0 Å². The van der Waals surface area contributed by atoms with Crippen LogP contribution in [0.4, 0.5) is 22.0 Å². The van der Waals surface area contributed by atoms with E-state index < -0.39 is 46.2 Å². The van der Waals surface area contributed by atoms with E-state index in [0.29, 0.717) is 6.92 Å². The van der Waals surface area contributed by atoms with E-state index in [4.69, 9.17) is 5.11 Å². The number of carboxylic acid groups (broad SMARTS) is 1. The molecule has 94 valence electrons. The van der Waals surface area contributed by atoms with Crippen LogP contribution in [-0.2, 0) is 10.4 Å². The van der Waals surface area contributed by atoms with Gasteiger partial charge in [-0.05, 0) is 6.92 Å². The third kappa shape index (κ3) is 1.84. The summed E-state index contributed by atoms with van der Waals surface area (Å²) in [5.74, 6) is -14.0. The first-order chi connectivity index (χ1) is 7.62. The van der Waals surface area contributed by atoms with Gasteiger partial charge < -0.3 is 10.2 Å². The largest absolute Gasteiger partial charge is 0.479 e. The highest BCUT2D eigenvalue weighted by molar-refractivity contribution is 5.78. The second-order valence-electron chi connectivity index (χ2n) is 3.32. The summed E-state index contributed by atoms with van der Waals surface area (Å²) in [6.07, 6.45) is 0. The molecule has 8 heteroatoms. The summed E-state index contributed by atoms with van der Waals surface area (Å²) in [5.41, 5.74) is -5.04. The zero-order valence-corrected chi connectivity index (χ0v) is 8.19. The molecule has 0 saturated heterocycles. The highest BCUT2D eigenvalue weighted by Gasteiger charge is 2.42. The summed E-state index contributed by atoms with van der Waals surface area (Å²) in [6, 6.07) is 0. The molecule has 0 aliphatic heterocycles. The van der Waals surface area contributed by atoms with Crippen LogP contribution in [-0.4, -0.2) is 16.2 Å². The highest BCUT2D eigenvalue weighted by Crippen LogP contribution is 2.31. The van der Waals surface area contributed by atoms with Crippen LogP contribution >= 0.6 is 0 Å². The first-order valence-corrected chi connectivity index (χ1v) is 4.10. The van der Waals surface area contributed by atoms with Crippen molar-refractivity contribution in [3.05, 3.63) is 34.6 Å². The highest BCUT2D eigenvalue weighted by atomic mass is 19.2. The topological polar surface area (TPSA) is 57.5 Å². The van der Waals surface area contributed by atoms with Gasteiger partial charge in [-0.15, -0.1) is 0 Å². The van der Waals surface area contributed by atoms with Crippen LogP contribution in [0.1, 0.15) is 12.5 Å². The number of carbonyl (C=O) groups is 1. The summed E-state index contributed by atoms with van der Waals surface area (Å²) >= 11 is 0. The normalized spacial score (nSPS) is 14.5. The van der Waals surface area contributed by atoms with Gasteiger partial charge in [0.15, 0.2) is 28.9 Å². The molecule has 0 saturated carbocycles. The Labute approximate surface area is 91.1 Å². The molecule has 2 N–H and O–H groups in total. The van der Waals surface area contributed by atoms with Crippen molar-refractivity contribution in [1.29, 1.82) is 0 Å². The number of aliphatic carboxylic acids is 1. The molecular formula is C9H5F5O3. The molecule has 0 aliphatic rings. The third-order valence-electron chi connectivity index (χ3n) is 2.11. The molecule has 3 nitrogen and oxygen atoms in total. The quantitative estimate of drug-likeness (QED) is 0.480. The Balaban J connectivity index is 3.72. The lowest BCUT2D eigenvalue weighted by molar-refractivity contribution is -0.158. The predicted octanol–water partition coefficient (Wildman–Crippen LogP) is 1.67. The Morgan fingerprint density at radius 3 is 1.53 bits per heavy atom. The van der Waals surface area contributed by atoms with Gasteiger partial charge in [0.2, 0.25) is 5.82 Å². The number of benzene rings is 1. The van der Waals surface area contributed by atoms with Crippen molar-refractivity contribution in [2.45, 2.75) is 12.5 Å². The van der Waals surface area contributed by atoms with Crippen molar-refractivity contribution in [2.24, 2.45) is 0 Å². The van der Waals surface area contributed by atoms with Crippen molar-refractivity contribution < 1.29 is 37.0 Å². The Morgan fingerprint density at radius 2 is 1.24 bits per heavy atom. The SMILES string of the molecule is C[C@](O)(C(=O)O)c1c(F)c(F)c(F)c(F)c1F. The second kappa shape index (κ2) is 3.95. The first-order valence-electron chi connectivity index (χ1n) is 4.10. The molecule has 0 fully saturated rings. The maximum Gasteiger partial charge on any atom is 0.340 e. The predicted molar refractivity (Wildman–Crippen MR) is 43.4 cm³/mol. The zero-order chi connectivity index (χ0) is 13.5. The van der Waals surface area contributed by atoms with Crippen LogP contribution in [0.5, 0.6) is 0 Å². The third-order valence-corrected chi connectivity index (χ3v) is 2.11. The summed E-state index contributed by atoms with van der Waals surface area (Å²) < 4.78 is 64.3. The van der Waals surface area contributed by atoms with Crippen molar-refractivity contribution in [1.82, 2.24) is 0 Å². The van der Waals surface area contributed by atoms with Gasteiger partial charge in [-0.25, -0.2) is 26.7 Å². The molecule has 0 spiro atoms. The number of hydrogen-bond acceptors (Lipinski definition) is 2. The van der Waals surface area contributed by atoms with Gasteiger partial charge in [-0.1, -0.05) is 0 Å². The maximum absolute atomic E-state index is 13.1. The van der Waals surface area contributed by atoms with E-state index in [0.717, 1.165) is 0 Å². The first kappa shape index (κ1) is 13.4. The van der Waals surface area contributed by atoms with E-state index in [-0.39, 0.29) is 0 Å². The van der Waals surface area contributed by atoms with Crippen LogP contribution < -0.4 is 0 Å². The van der Waals surface area contributed by atoms with Crippen molar-refractivity contribution >= 4 is 5.97 Å². The number of rotatable bonds is 2. The van der Waals surface area contributed by atoms with Gasteiger partial charge in [0.05, 0.1) is 5.56 Å². The Kier molecular flexibility index (Phi) is 3.11. The molecule has 17 heavy (non-hydrogen) atoms. The Morgan fingerprint density at radius 1 is 0.941 bits per heavy atom. The number of halogens is 5. The molecule has 0 radical (unpaired) electrons. The molecular weight excluding hydrogens is 251 g/mol. The average Bonchev–Trinajstić information content (AvgIpc) is 2.23.